The maximum Gasteiger partial charge on any atom is 0.317 e. The first-order valence-corrected chi connectivity index (χ1v) is 9.26. The second-order valence-electron chi connectivity index (χ2n) is 6.18. The van der Waals surface area contributed by atoms with Crippen LogP contribution < -0.4 is 5.32 Å². The second kappa shape index (κ2) is 5.82. The van der Waals surface area contributed by atoms with Crippen molar-refractivity contribution < 1.29 is 4.79 Å². The van der Waals surface area contributed by atoms with Gasteiger partial charge in [0.2, 0.25) is 0 Å². The van der Waals surface area contributed by atoms with Crippen molar-refractivity contribution in [2.75, 3.05) is 13.1 Å². The predicted octanol–water partition coefficient (Wildman–Crippen LogP) is 2.43. The molecule has 1 saturated heterocycles. The van der Waals surface area contributed by atoms with Crippen molar-refractivity contribution in [3.8, 4) is 17.1 Å². The molecule has 4 heterocycles. The summed E-state index contributed by atoms with van der Waals surface area (Å²) in [5.41, 5.74) is 2.72. The van der Waals surface area contributed by atoms with E-state index in [4.69, 9.17) is 16.6 Å². The third-order valence-electron chi connectivity index (χ3n) is 4.57. The van der Waals surface area contributed by atoms with Gasteiger partial charge in [0.25, 0.3) is 0 Å². The highest BCUT2D eigenvalue weighted by atomic mass is 79.9. The first-order valence-electron chi connectivity index (χ1n) is 8.08. The van der Waals surface area contributed by atoms with E-state index in [-0.39, 0.29) is 6.03 Å². The number of hydrogen-bond acceptors (Lipinski definition) is 4. The number of nitrogens with one attached hydrogen (secondary N) is 1. The Kier molecular flexibility index (Phi) is 3.54. The number of fused-ring (bicyclic) bond motifs is 5. The monoisotopic (exact) mass is 433 g/mol. The molecule has 0 bridgehead atoms. The van der Waals surface area contributed by atoms with E-state index < -0.39 is 0 Å². The number of halogens is 2. The smallest absolute Gasteiger partial charge is 0.317 e. The highest BCUT2D eigenvalue weighted by Gasteiger charge is 2.27. The van der Waals surface area contributed by atoms with Gasteiger partial charge in [-0.05, 0) is 18.2 Å². The van der Waals surface area contributed by atoms with Gasteiger partial charge in [0.05, 0.1) is 24.5 Å². The van der Waals surface area contributed by atoms with Gasteiger partial charge in [-0.1, -0.05) is 27.5 Å². The Labute approximate surface area is 161 Å². The van der Waals surface area contributed by atoms with Crippen LogP contribution in [0.25, 0.3) is 17.1 Å². The lowest BCUT2D eigenvalue weighted by molar-refractivity contribution is 0.214. The van der Waals surface area contributed by atoms with Crippen LogP contribution in [0, 0.1) is 0 Å². The molecule has 0 unspecified atom stereocenters. The van der Waals surface area contributed by atoms with Gasteiger partial charge in [0, 0.05) is 23.1 Å². The van der Waals surface area contributed by atoms with Crippen LogP contribution in [0.5, 0.6) is 0 Å². The Hall–Kier alpha value is -2.39. The van der Waals surface area contributed by atoms with E-state index in [2.05, 4.69) is 31.3 Å². The molecule has 1 aromatic carbocycles. The van der Waals surface area contributed by atoms with Gasteiger partial charge in [0.1, 0.15) is 6.33 Å². The van der Waals surface area contributed by atoms with Gasteiger partial charge in [-0.3, -0.25) is 4.57 Å². The Morgan fingerprint density at radius 1 is 1.35 bits per heavy atom. The summed E-state index contributed by atoms with van der Waals surface area (Å²) in [6.07, 6.45) is 1.71. The number of hydrogen-bond donors (Lipinski definition) is 1. The van der Waals surface area contributed by atoms with E-state index in [0.29, 0.717) is 37.2 Å². The molecule has 132 valence electrons. The summed E-state index contributed by atoms with van der Waals surface area (Å²) < 4.78 is 4.73. The molecule has 1 N–H and O–H groups in total. The fourth-order valence-electron chi connectivity index (χ4n) is 3.34. The quantitative estimate of drug-likeness (QED) is 0.525. The maximum absolute atomic E-state index is 11.8. The lowest BCUT2D eigenvalue weighted by atomic mass is 10.1. The van der Waals surface area contributed by atoms with Gasteiger partial charge in [-0.25, -0.2) is 19.4 Å². The molecule has 3 aromatic rings. The number of carbonyl (C=O) groups is 1. The molecule has 0 atom stereocenters. The van der Waals surface area contributed by atoms with E-state index in [0.717, 1.165) is 27.2 Å². The zero-order valence-corrected chi connectivity index (χ0v) is 15.8. The van der Waals surface area contributed by atoms with Crippen LogP contribution in [0.2, 0.25) is 5.15 Å². The zero-order valence-electron chi connectivity index (χ0n) is 13.5. The van der Waals surface area contributed by atoms with Crippen LogP contribution in [0.1, 0.15) is 11.5 Å². The lowest BCUT2D eigenvalue weighted by Crippen LogP contribution is -2.28. The average Bonchev–Trinajstić information content (AvgIpc) is 3.28. The third kappa shape index (κ3) is 2.42. The van der Waals surface area contributed by atoms with E-state index in [1.54, 1.807) is 11.2 Å². The highest BCUT2D eigenvalue weighted by molar-refractivity contribution is 9.10. The lowest BCUT2D eigenvalue weighted by Gasteiger charge is -2.11. The number of nitrogens with zero attached hydrogens (tertiary/aromatic N) is 6. The fourth-order valence-corrected chi connectivity index (χ4v) is 3.89. The number of benzene rings is 1. The Bertz CT molecular complexity index is 1040. The third-order valence-corrected chi connectivity index (χ3v) is 5.38. The summed E-state index contributed by atoms with van der Waals surface area (Å²) >= 11 is 9.82. The van der Waals surface area contributed by atoms with Crippen LogP contribution in [0.15, 0.2) is 29.0 Å². The van der Waals surface area contributed by atoms with Gasteiger partial charge in [0.15, 0.2) is 16.8 Å². The number of carbonyl (C=O) groups excluding carboxylic acids is 1. The van der Waals surface area contributed by atoms with Gasteiger partial charge in [-0.15, -0.1) is 0 Å². The predicted molar refractivity (Wildman–Crippen MR) is 98.2 cm³/mol. The van der Waals surface area contributed by atoms with Crippen LogP contribution in [0.3, 0.4) is 0 Å². The molecular formula is C16H13BrClN7O. The van der Waals surface area contributed by atoms with Crippen LogP contribution in [0.4, 0.5) is 4.79 Å². The second-order valence-corrected chi connectivity index (χ2v) is 7.45. The summed E-state index contributed by atoms with van der Waals surface area (Å²) in [6.45, 7) is 2.14. The van der Waals surface area contributed by atoms with E-state index in [1.807, 2.05) is 27.4 Å². The number of rotatable bonds is 2. The van der Waals surface area contributed by atoms with Crippen molar-refractivity contribution >= 4 is 33.6 Å². The van der Waals surface area contributed by atoms with Crippen molar-refractivity contribution in [1.29, 1.82) is 0 Å². The Morgan fingerprint density at radius 2 is 2.23 bits per heavy atom. The molecule has 2 aromatic heterocycles. The molecule has 0 saturated carbocycles. The van der Waals surface area contributed by atoms with Crippen LogP contribution in [-0.2, 0) is 13.1 Å². The molecule has 1 fully saturated rings. The summed E-state index contributed by atoms with van der Waals surface area (Å²) in [5.74, 6) is 1.35. The highest BCUT2D eigenvalue weighted by Crippen LogP contribution is 2.34. The minimum atomic E-state index is -0.0840. The maximum atomic E-state index is 11.8. The average molecular weight is 435 g/mol. The summed E-state index contributed by atoms with van der Waals surface area (Å²) in [6, 6.07) is 5.89. The number of amides is 2. The summed E-state index contributed by atoms with van der Waals surface area (Å²) in [7, 11) is 0. The summed E-state index contributed by atoms with van der Waals surface area (Å²) in [5, 5.41) is 7.86. The molecule has 2 aliphatic heterocycles. The molecule has 5 rings (SSSR count). The van der Waals surface area contributed by atoms with Crippen LogP contribution >= 0.6 is 27.5 Å². The van der Waals surface area contributed by atoms with Crippen molar-refractivity contribution in [1.82, 2.24) is 34.5 Å². The van der Waals surface area contributed by atoms with E-state index >= 15 is 0 Å². The van der Waals surface area contributed by atoms with Crippen molar-refractivity contribution in [2.45, 2.75) is 13.1 Å². The SMILES string of the molecule is O=C1NCCN1Cc1nc2n(n1)Cc1c(Cl)ncn1-c1ccc(Br)cc1-2. The van der Waals surface area contributed by atoms with Crippen LogP contribution in [-0.4, -0.2) is 48.3 Å². The standard InChI is InChI=1S/C16H13BrClN7O/c17-9-1-2-11-10(5-9)15-21-13(7-23-4-3-19-16(23)26)22-25(15)6-12-14(18)20-8-24(11)12/h1-2,5,8H,3-4,6-7H2,(H,19,26). The van der Waals surface area contributed by atoms with E-state index in [9.17, 15) is 4.79 Å². The van der Waals surface area contributed by atoms with E-state index in [1.165, 1.54) is 0 Å². The van der Waals surface area contributed by atoms with Gasteiger partial charge in [-0.2, -0.15) is 5.10 Å². The minimum absolute atomic E-state index is 0.0840. The first-order chi connectivity index (χ1) is 12.6. The number of urea groups is 1. The molecule has 0 spiro atoms. The summed E-state index contributed by atoms with van der Waals surface area (Å²) in [4.78, 5) is 22.5. The molecule has 0 radical (unpaired) electrons. The fraction of sp³-hybridized carbons (Fsp3) is 0.250. The largest absolute Gasteiger partial charge is 0.336 e. The molecule has 26 heavy (non-hydrogen) atoms. The topological polar surface area (TPSA) is 80.9 Å². The van der Waals surface area contributed by atoms with Gasteiger partial charge < -0.3 is 10.2 Å². The Balaban J connectivity index is 1.64. The Morgan fingerprint density at radius 3 is 3.04 bits per heavy atom. The van der Waals surface area contributed by atoms with Crippen molar-refractivity contribution in [3.63, 3.8) is 0 Å². The molecule has 2 aliphatic rings. The first kappa shape index (κ1) is 15.8. The molecule has 2 amide bonds. The van der Waals surface area contributed by atoms with Gasteiger partial charge >= 0.3 is 6.03 Å². The minimum Gasteiger partial charge on any atom is -0.336 e. The molecular weight excluding hydrogens is 422 g/mol. The van der Waals surface area contributed by atoms with Crippen molar-refractivity contribution in [2.24, 2.45) is 0 Å². The number of imidazole rings is 1. The number of aromatic nitrogens is 5. The molecule has 8 nitrogen and oxygen atoms in total. The molecule has 10 heteroatoms. The van der Waals surface area contributed by atoms with Crippen molar-refractivity contribution in [3.05, 3.63) is 45.7 Å². The normalized spacial score (nSPS) is 15.3. The zero-order chi connectivity index (χ0) is 17.8. The molecule has 0 aliphatic carbocycles.